The molecule has 1 rings (SSSR count). The van der Waals surface area contributed by atoms with E-state index in [1.807, 2.05) is 6.07 Å². The van der Waals surface area contributed by atoms with Crippen molar-refractivity contribution in [3.05, 3.63) is 28.3 Å². The Hall–Kier alpha value is -1.49. The smallest absolute Gasteiger partial charge is 0.411 e. The zero-order valence-corrected chi connectivity index (χ0v) is 11.8. The highest BCUT2D eigenvalue weighted by molar-refractivity contribution is 6.30. The molecule has 1 unspecified atom stereocenters. The summed E-state index contributed by atoms with van der Waals surface area (Å²) in [5.41, 5.74) is 0.769. The van der Waals surface area contributed by atoms with Gasteiger partial charge in [0.1, 0.15) is 31.1 Å². The van der Waals surface area contributed by atoms with Crippen LogP contribution in [0.5, 0.6) is 5.75 Å². The van der Waals surface area contributed by atoms with Crippen LogP contribution in [0, 0.1) is 18.3 Å². The van der Waals surface area contributed by atoms with Gasteiger partial charge in [-0.15, -0.1) is 0 Å². The molecule has 0 aliphatic rings. The standard InChI is InChI=1S/C13H13ClF3NO3/c1-8-2-10(14)3-9(4-18)12(8)21-6-11(19)5-20-7-13(15,16)17/h2-3,11,19H,5-7H2,1H3. The summed E-state index contributed by atoms with van der Waals surface area (Å²) in [6, 6.07) is 4.87. The van der Waals surface area contributed by atoms with E-state index in [9.17, 15) is 18.3 Å². The molecule has 1 aromatic carbocycles. The summed E-state index contributed by atoms with van der Waals surface area (Å²) in [7, 11) is 0. The Labute approximate surface area is 124 Å². The molecule has 1 aromatic rings. The first-order chi connectivity index (χ1) is 9.73. The van der Waals surface area contributed by atoms with Crippen molar-refractivity contribution < 1.29 is 27.8 Å². The van der Waals surface area contributed by atoms with Gasteiger partial charge in [-0.3, -0.25) is 0 Å². The quantitative estimate of drug-likeness (QED) is 0.874. The van der Waals surface area contributed by atoms with Gasteiger partial charge < -0.3 is 14.6 Å². The SMILES string of the molecule is Cc1cc(Cl)cc(C#N)c1OCC(O)COCC(F)(F)F. The molecule has 0 fully saturated rings. The minimum absolute atomic E-state index is 0.184. The predicted molar refractivity (Wildman–Crippen MR) is 69.3 cm³/mol. The van der Waals surface area contributed by atoms with Gasteiger partial charge in [0.05, 0.1) is 12.2 Å². The molecule has 4 nitrogen and oxygen atoms in total. The lowest BCUT2D eigenvalue weighted by Gasteiger charge is -2.16. The third-order valence-electron chi connectivity index (χ3n) is 2.36. The van der Waals surface area contributed by atoms with Crippen LogP contribution in [0.4, 0.5) is 13.2 Å². The fourth-order valence-electron chi connectivity index (χ4n) is 1.54. The van der Waals surface area contributed by atoms with Crippen LogP contribution in [-0.2, 0) is 4.74 Å². The first-order valence-electron chi connectivity index (χ1n) is 5.88. The van der Waals surface area contributed by atoms with Crippen molar-refractivity contribution in [3.8, 4) is 11.8 Å². The van der Waals surface area contributed by atoms with E-state index in [4.69, 9.17) is 21.6 Å². The summed E-state index contributed by atoms with van der Waals surface area (Å²) in [4.78, 5) is 0. The monoisotopic (exact) mass is 323 g/mol. The molecule has 0 aromatic heterocycles. The predicted octanol–water partition coefficient (Wildman–Crippen LogP) is 2.84. The third-order valence-corrected chi connectivity index (χ3v) is 2.57. The number of rotatable bonds is 6. The number of halogens is 4. The topological polar surface area (TPSA) is 62.5 Å². The second kappa shape index (κ2) is 7.50. The Morgan fingerprint density at radius 3 is 2.62 bits per heavy atom. The molecule has 0 heterocycles. The van der Waals surface area contributed by atoms with Crippen molar-refractivity contribution in [1.82, 2.24) is 0 Å². The highest BCUT2D eigenvalue weighted by Gasteiger charge is 2.27. The van der Waals surface area contributed by atoms with E-state index in [1.54, 1.807) is 13.0 Å². The number of aliphatic hydroxyl groups excluding tert-OH is 1. The van der Waals surface area contributed by atoms with Gasteiger partial charge in [0.25, 0.3) is 0 Å². The van der Waals surface area contributed by atoms with Gasteiger partial charge in [0.15, 0.2) is 0 Å². The molecule has 0 saturated carbocycles. The van der Waals surface area contributed by atoms with E-state index in [1.165, 1.54) is 6.07 Å². The van der Waals surface area contributed by atoms with Crippen molar-refractivity contribution in [2.24, 2.45) is 0 Å². The average molecular weight is 324 g/mol. The summed E-state index contributed by atoms with van der Waals surface area (Å²) in [6.07, 6.45) is -5.68. The maximum absolute atomic E-state index is 11.9. The maximum Gasteiger partial charge on any atom is 0.411 e. The van der Waals surface area contributed by atoms with Crippen molar-refractivity contribution in [3.63, 3.8) is 0 Å². The minimum Gasteiger partial charge on any atom is -0.489 e. The Morgan fingerprint density at radius 2 is 2.05 bits per heavy atom. The highest BCUT2D eigenvalue weighted by Crippen LogP contribution is 2.27. The molecular weight excluding hydrogens is 311 g/mol. The van der Waals surface area contributed by atoms with E-state index in [0.717, 1.165) is 0 Å². The first kappa shape index (κ1) is 17.6. The lowest BCUT2D eigenvalue weighted by molar-refractivity contribution is -0.179. The molecule has 1 atom stereocenters. The Kier molecular flexibility index (Phi) is 6.27. The molecule has 116 valence electrons. The van der Waals surface area contributed by atoms with Crippen molar-refractivity contribution >= 4 is 11.6 Å². The summed E-state index contributed by atoms with van der Waals surface area (Å²) in [5.74, 6) is 0.233. The van der Waals surface area contributed by atoms with E-state index < -0.39 is 25.5 Å². The molecule has 0 saturated heterocycles. The summed E-state index contributed by atoms with van der Waals surface area (Å²) >= 11 is 5.79. The van der Waals surface area contributed by atoms with E-state index in [2.05, 4.69) is 4.74 Å². The second-order valence-electron chi connectivity index (χ2n) is 4.31. The van der Waals surface area contributed by atoms with Crippen LogP contribution in [0.1, 0.15) is 11.1 Å². The van der Waals surface area contributed by atoms with Crippen molar-refractivity contribution in [1.29, 1.82) is 5.26 Å². The lowest BCUT2D eigenvalue weighted by Crippen LogP contribution is -2.27. The fraction of sp³-hybridized carbons (Fsp3) is 0.462. The number of ether oxygens (including phenoxy) is 2. The molecule has 0 bridgehead atoms. The number of hydrogen-bond acceptors (Lipinski definition) is 4. The number of hydrogen-bond donors (Lipinski definition) is 1. The van der Waals surface area contributed by atoms with Gasteiger partial charge >= 0.3 is 6.18 Å². The number of aryl methyl sites for hydroxylation is 1. The Balaban J connectivity index is 2.54. The van der Waals surface area contributed by atoms with Crippen molar-refractivity contribution in [2.45, 2.75) is 19.2 Å². The largest absolute Gasteiger partial charge is 0.489 e. The summed E-state index contributed by atoms with van der Waals surface area (Å²) in [5, 5.41) is 18.8. The van der Waals surface area contributed by atoms with Crippen LogP contribution >= 0.6 is 11.6 Å². The van der Waals surface area contributed by atoms with Gasteiger partial charge in [0, 0.05) is 5.02 Å². The molecule has 1 N–H and O–H groups in total. The maximum atomic E-state index is 11.9. The van der Waals surface area contributed by atoms with E-state index in [0.29, 0.717) is 10.6 Å². The molecular formula is C13H13ClF3NO3. The Morgan fingerprint density at radius 1 is 1.38 bits per heavy atom. The van der Waals surface area contributed by atoms with Crippen LogP contribution in [0.2, 0.25) is 5.02 Å². The minimum atomic E-state index is -4.44. The van der Waals surface area contributed by atoms with Crippen LogP contribution < -0.4 is 4.74 Å². The van der Waals surface area contributed by atoms with Gasteiger partial charge in [-0.25, -0.2) is 0 Å². The third kappa shape index (κ3) is 6.21. The molecule has 0 aliphatic carbocycles. The average Bonchev–Trinajstić information content (AvgIpc) is 2.35. The second-order valence-corrected chi connectivity index (χ2v) is 4.74. The zero-order valence-electron chi connectivity index (χ0n) is 11.1. The lowest BCUT2D eigenvalue weighted by atomic mass is 10.1. The zero-order chi connectivity index (χ0) is 16.0. The number of nitrogens with zero attached hydrogens (tertiary/aromatic N) is 1. The van der Waals surface area contributed by atoms with E-state index in [-0.39, 0.29) is 17.9 Å². The molecule has 8 heteroatoms. The molecule has 0 spiro atoms. The highest BCUT2D eigenvalue weighted by atomic mass is 35.5. The van der Waals surface area contributed by atoms with E-state index >= 15 is 0 Å². The molecule has 0 amide bonds. The van der Waals surface area contributed by atoms with Gasteiger partial charge in [-0.2, -0.15) is 18.4 Å². The summed E-state index contributed by atoms with van der Waals surface area (Å²) < 4.78 is 45.2. The summed E-state index contributed by atoms with van der Waals surface area (Å²) in [6.45, 7) is -0.592. The van der Waals surface area contributed by atoms with Crippen molar-refractivity contribution in [2.75, 3.05) is 19.8 Å². The van der Waals surface area contributed by atoms with Gasteiger partial charge in [0.2, 0.25) is 0 Å². The number of aliphatic hydroxyl groups is 1. The fourth-order valence-corrected chi connectivity index (χ4v) is 1.82. The molecule has 21 heavy (non-hydrogen) atoms. The molecule has 0 aliphatic heterocycles. The number of nitriles is 1. The first-order valence-corrected chi connectivity index (χ1v) is 6.26. The normalized spacial score (nSPS) is 12.8. The van der Waals surface area contributed by atoms with Gasteiger partial charge in [-0.1, -0.05) is 11.6 Å². The Bertz CT molecular complexity index is 529. The van der Waals surface area contributed by atoms with Gasteiger partial charge in [-0.05, 0) is 24.6 Å². The van der Waals surface area contributed by atoms with Crippen LogP contribution in [0.15, 0.2) is 12.1 Å². The number of alkyl halides is 3. The van der Waals surface area contributed by atoms with Crippen LogP contribution in [0.25, 0.3) is 0 Å². The number of benzene rings is 1. The molecule has 0 radical (unpaired) electrons. The van der Waals surface area contributed by atoms with Crippen LogP contribution in [-0.4, -0.2) is 37.2 Å². The van der Waals surface area contributed by atoms with Crippen LogP contribution in [0.3, 0.4) is 0 Å².